The summed E-state index contributed by atoms with van der Waals surface area (Å²) in [6.07, 6.45) is 0. The van der Waals surface area contributed by atoms with Gasteiger partial charge < -0.3 is 9.13 Å². The number of hydrogen-bond donors (Lipinski definition) is 0. The molecule has 0 saturated heterocycles. The van der Waals surface area contributed by atoms with Gasteiger partial charge in [-0.2, -0.15) is 15.8 Å². The molecule has 2 aromatic heterocycles. The fourth-order valence-corrected chi connectivity index (χ4v) is 7.43. The van der Waals surface area contributed by atoms with Gasteiger partial charge in [0, 0.05) is 38.4 Å². The zero-order chi connectivity index (χ0) is 33.8. The number of hydrogen-bond acceptors (Lipinski definition) is 3. The second kappa shape index (κ2) is 11.4. The molecule has 0 radical (unpaired) electrons. The van der Waals surface area contributed by atoms with Crippen LogP contribution in [-0.2, 0) is 0 Å². The number of nitrogens with zero attached hydrogens (tertiary/aromatic N) is 5. The van der Waals surface area contributed by atoms with Crippen molar-refractivity contribution < 1.29 is 0 Å². The topological polar surface area (TPSA) is 81.2 Å². The van der Waals surface area contributed by atoms with Crippen LogP contribution in [0.15, 0.2) is 152 Å². The minimum absolute atomic E-state index is 0.564. The maximum absolute atomic E-state index is 10.2. The van der Waals surface area contributed by atoms with E-state index in [1.807, 2.05) is 60.7 Å². The Balaban J connectivity index is 1.19. The summed E-state index contributed by atoms with van der Waals surface area (Å²) in [6, 6.07) is 57.8. The molecule has 5 heteroatoms. The van der Waals surface area contributed by atoms with Crippen LogP contribution in [0.5, 0.6) is 0 Å². The Morgan fingerprint density at radius 2 is 1.02 bits per heavy atom. The first-order valence-corrected chi connectivity index (χ1v) is 16.3. The van der Waals surface area contributed by atoms with Crippen molar-refractivity contribution >= 4 is 43.6 Å². The van der Waals surface area contributed by atoms with Gasteiger partial charge in [0.05, 0.1) is 56.6 Å². The highest BCUT2D eigenvalue weighted by atomic mass is 15.0. The molecule has 0 aliphatic carbocycles. The highest BCUT2D eigenvalue weighted by molar-refractivity contribution is 6.12. The van der Waals surface area contributed by atoms with Crippen LogP contribution in [-0.4, -0.2) is 9.13 Å². The number of para-hydroxylation sites is 4. The molecule has 0 spiro atoms. The lowest BCUT2D eigenvalue weighted by molar-refractivity contribution is 1.18. The molecule has 9 rings (SSSR count). The van der Waals surface area contributed by atoms with Gasteiger partial charge in [0.15, 0.2) is 0 Å². The van der Waals surface area contributed by atoms with E-state index in [1.54, 1.807) is 0 Å². The molecule has 0 saturated carbocycles. The number of nitriles is 3. The van der Waals surface area contributed by atoms with Crippen LogP contribution < -0.4 is 0 Å². The van der Waals surface area contributed by atoms with Crippen LogP contribution in [0.2, 0.25) is 0 Å². The number of benzene rings is 7. The predicted octanol–water partition coefficient (Wildman–Crippen LogP) is 10.8. The van der Waals surface area contributed by atoms with Gasteiger partial charge in [-0.3, -0.25) is 0 Å². The van der Waals surface area contributed by atoms with E-state index in [-0.39, 0.29) is 0 Å². The van der Waals surface area contributed by atoms with E-state index in [0.717, 1.165) is 66.5 Å². The Kier molecular flexibility index (Phi) is 6.56. The molecule has 230 valence electrons. The Bertz CT molecular complexity index is 2900. The van der Waals surface area contributed by atoms with E-state index in [0.29, 0.717) is 16.7 Å². The Morgan fingerprint density at radius 3 is 1.72 bits per heavy atom. The molecule has 50 heavy (non-hydrogen) atoms. The van der Waals surface area contributed by atoms with Crippen LogP contribution in [0.25, 0.3) is 77.2 Å². The molecule has 0 bridgehead atoms. The first-order chi connectivity index (χ1) is 24.7. The Labute approximate surface area is 287 Å². The monoisotopic (exact) mass is 635 g/mol. The van der Waals surface area contributed by atoms with E-state index in [1.165, 1.54) is 10.8 Å². The van der Waals surface area contributed by atoms with Crippen molar-refractivity contribution in [2.45, 2.75) is 0 Å². The third-order valence-corrected chi connectivity index (χ3v) is 9.65. The lowest BCUT2D eigenvalue weighted by Gasteiger charge is -2.15. The largest absolute Gasteiger partial charge is 0.309 e. The molecule has 5 nitrogen and oxygen atoms in total. The van der Waals surface area contributed by atoms with Crippen LogP contribution in [0.4, 0.5) is 0 Å². The highest BCUT2D eigenvalue weighted by Crippen LogP contribution is 2.39. The Morgan fingerprint density at radius 1 is 0.400 bits per heavy atom. The molecular weight excluding hydrogens is 611 g/mol. The summed E-state index contributed by atoms with van der Waals surface area (Å²) in [5.41, 5.74) is 11.4. The van der Waals surface area contributed by atoms with Crippen LogP contribution >= 0.6 is 0 Å². The second-order valence-corrected chi connectivity index (χ2v) is 12.3. The van der Waals surface area contributed by atoms with Crippen molar-refractivity contribution in [2.24, 2.45) is 0 Å². The molecule has 0 fully saturated rings. The van der Waals surface area contributed by atoms with Crippen molar-refractivity contribution in [3.8, 4) is 51.8 Å². The average molecular weight is 636 g/mol. The van der Waals surface area contributed by atoms with Crippen molar-refractivity contribution in [3.63, 3.8) is 0 Å². The minimum Gasteiger partial charge on any atom is -0.309 e. The molecule has 2 heterocycles. The summed E-state index contributed by atoms with van der Waals surface area (Å²) >= 11 is 0. The summed E-state index contributed by atoms with van der Waals surface area (Å²) in [6.45, 7) is 0. The summed E-state index contributed by atoms with van der Waals surface area (Å²) in [7, 11) is 0. The lowest BCUT2D eigenvalue weighted by Crippen LogP contribution is -1.99. The van der Waals surface area contributed by atoms with Gasteiger partial charge in [-0.25, -0.2) is 0 Å². The van der Waals surface area contributed by atoms with Crippen molar-refractivity contribution in [2.75, 3.05) is 0 Å². The van der Waals surface area contributed by atoms with Crippen molar-refractivity contribution in [1.82, 2.24) is 9.13 Å². The summed E-state index contributed by atoms with van der Waals surface area (Å²) in [5.74, 6) is 0. The Hall–Kier alpha value is -7.39. The maximum Gasteiger partial charge on any atom is 0.101 e. The quantitative estimate of drug-likeness (QED) is 0.193. The van der Waals surface area contributed by atoms with Crippen molar-refractivity contribution in [1.29, 1.82) is 15.8 Å². The first-order valence-electron chi connectivity index (χ1n) is 16.3. The third-order valence-electron chi connectivity index (χ3n) is 9.65. The van der Waals surface area contributed by atoms with Crippen LogP contribution in [0.3, 0.4) is 0 Å². The van der Waals surface area contributed by atoms with Gasteiger partial charge in [-0.05, 0) is 71.8 Å². The number of rotatable bonds is 4. The molecule has 0 aliphatic rings. The summed E-state index contributed by atoms with van der Waals surface area (Å²) in [4.78, 5) is 0. The van der Waals surface area contributed by atoms with Gasteiger partial charge in [-0.15, -0.1) is 0 Å². The van der Waals surface area contributed by atoms with E-state index in [4.69, 9.17) is 0 Å². The molecule has 0 aliphatic heterocycles. The predicted molar refractivity (Wildman–Crippen MR) is 200 cm³/mol. The minimum atomic E-state index is 0.564. The zero-order valence-electron chi connectivity index (χ0n) is 26.7. The third kappa shape index (κ3) is 4.31. The highest BCUT2D eigenvalue weighted by Gasteiger charge is 2.19. The normalized spacial score (nSPS) is 11.1. The first kappa shape index (κ1) is 28.8. The van der Waals surface area contributed by atoms with E-state index in [9.17, 15) is 15.8 Å². The SMILES string of the molecule is N#Cc1ccc2c(c1)c1cccc(C#N)c1n2-c1ccccc1-c1ccc(-c2cc(-n3c4ccccc4c4ccccc43)ccc2C#N)cc1. The van der Waals surface area contributed by atoms with E-state index < -0.39 is 0 Å². The number of fused-ring (bicyclic) bond motifs is 6. The van der Waals surface area contributed by atoms with Crippen LogP contribution in [0.1, 0.15) is 16.7 Å². The smallest absolute Gasteiger partial charge is 0.101 e. The molecule has 0 amide bonds. The average Bonchev–Trinajstić information content (AvgIpc) is 3.70. The van der Waals surface area contributed by atoms with E-state index >= 15 is 0 Å². The number of aromatic nitrogens is 2. The van der Waals surface area contributed by atoms with Gasteiger partial charge >= 0.3 is 0 Å². The molecule has 7 aromatic carbocycles. The maximum atomic E-state index is 10.2. The van der Waals surface area contributed by atoms with E-state index in [2.05, 4.69) is 118 Å². The van der Waals surface area contributed by atoms with Gasteiger partial charge in [0.2, 0.25) is 0 Å². The molecule has 9 aromatic rings. The standard InChI is InChI=1S/C45H25N5/c46-26-29-16-23-44-40(24-29)38-12-7-8-33(28-48)45(38)50(44)41-13-4-1-9-35(41)30-17-19-31(20-18-30)39-25-34(22-21-32(39)27-47)49-42-14-5-2-10-36(42)37-11-3-6-15-43(37)49/h1-25H. The second-order valence-electron chi connectivity index (χ2n) is 12.3. The molecule has 0 unspecified atom stereocenters. The zero-order valence-corrected chi connectivity index (χ0v) is 26.7. The molecular formula is C45H25N5. The summed E-state index contributed by atoms with van der Waals surface area (Å²) in [5, 5.41) is 34.2. The lowest BCUT2D eigenvalue weighted by atomic mass is 9.96. The molecule has 0 N–H and O–H groups in total. The van der Waals surface area contributed by atoms with Gasteiger partial charge in [0.25, 0.3) is 0 Å². The van der Waals surface area contributed by atoms with Gasteiger partial charge in [0.1, 0.15) is 6.07 Å². The fourth-order valence-electron chi connectivity index (χ4n) is 7.43. The van der Waals surface area contributed by atoms with Crippen LogP contribution in [0, 0.1) is 34.0 Å². The summed E-state index contributed by atoms with van der Waals surface area (Å²) < 4.78 is 4.40. The molecule has 0 atom stereocenters. The van der Waals surface area contributed by atoms with Crippen molar-refractivity contribution in [3.05, 3.63) is 168 Å². The van der Waals surface area contributed by atoms with Gasteiger partial charge in [-0.1, -0.05) is 91.0 Å². The fraction of sp³-hybridized carbons (Fsp3) is 0.